The van der Waals surface area contributed by atoms with Crippen molar-refractivity contribution in [1.29, 1.82) is 0 Å². The van der Waals surface area contributed by atoms with E-state index in [2.05, 4.69) is 0 Å². The highest BCUT2D eigenvalue weighted by molar-refractivity contribution is 4.73. The third-order valence-electron chi connectivity index (χ3n) is 1.63. The Bertz CT molecular complexity index is 106. The van der Waals surface area contributed by atoms with Gasteiger partial charge in [-0.2, -0.15) is 0 Å². The quantitative estimate of drug-likeness (QED) is 0.506. The van der Waals surface area contributed by atoms with Crippen LogP contribution in [0.4, 0.5) is 0 Å². The molecule has 0 bridgehead atoms. The van der Waals surface area contributed by atoms with Gasteiger partial charge in [0.15, 0.2) is 6.29 Å². The van der Waals surface area contributed by atoms with Crippen LogP contribution in [0.3, 0.4) is 0 Å². The topological polar surface area (TPSA) is 58.9 Å². The average molecular weight is 148 g/mol. The van der Waals surface area contributed by atoms with Crippen LogP contribution in [0.2, 0.25) is 0 Å². The predicted molar refractivity (Wildman–Crippen MR) is 33.4 cm³/mol. The number of hydrogen-bond acceptors (Lipinski definition) is 4. The van der Waals surface area contributed by atoms with Crippen LogP contribution in [0.15, 0.2) is 0 Å². The zero-order valence-corrected chi connectivity index (χ0v) is 5.86. The second-order valence-corrected chi connectivity index (χ2v) is 2.37. The number of hydrogen-bond donors (Lipinski definition) is 2. The summed E-state index contributed by atoms with van der Waals surface area (Å²) in [6.07, 6.45) is -1.33. The highest BCUT2D eigenvalue weighted by Gasteiger charge is 2.28. The summed E-state index contributed by atoms with van der Waals surface area (Å²) in [7, 11) is 1.51. The van der Waals surface area contributed by atoms with Gasteiger partial charge in [0, 0.05) is 13.5 Å². The van der Waals surface area contributed by atoms with Crippen molar-refractivity contribution in [3.8, 4) is 0 Å². The minimum atomic E-state index is -0.784. The SMILES string of the molecule is COC1CC(O)OCC1O. The van der Waals surface area contributed by atoms with E-state index in [1.54, 1.807) is 0 Å². The lowest BCUT2D eigenvalue weighted by molar-refractivity contribution is -0.199. The molecule has 0 amide bonds. The maximum Gasteiger partial charge on any atom is 0.157 e. The standard InChI is InChI=1S/C6H12O4/c1-9-5-2-6(8)10-3-4(5)7/h4-8H,2-3H2,1H3. The predicted octanol–water partition coefficient (Wildman–Crippen LogP) is -0.899. The van der Waals surface area contributed by atoms with Crippen LogP contribution in [0.1, 0.15) is 6.42 Å². The molecule has 1 aliphatic rings. The first-order valence-corrected chi connectivity index (χ1v) is 3.24. The van der Waals surface area contributed by atoms with Crippen LogP contribution in [0.5, 0.6) is 0 Å². The fourth-order valence-corrected chi connectivity index (χ4v) is 0.994. The summed E-state index contributed by atoms with van der Waals surface area (Å²) >= 11 is 0. The van der Waals surface area contributed by atoms with Crippen LogP contribution < -0.4 is 0 Å². The Morgan fingerprint density at radius 2 is 2.20 bits per heavy atom. The first kappa shape index (κ1) is 7.94. The summed E-state index contributed by atoms with van der Waals surface area (Å²) in [4.78, 5) is 0. The van der Waals surface area contributed by atoms with E-state index in [4.69, 9.17) is 19.7 Å². The average Bonchev–Trinajstić information content (AvgIpc) is 1.94. The molecule has 0 aromatic carbocycles. The van der Waals surface area contributed by atoms with Crippen LogP contribution in [-0.2, 0) is 9.47 Å². The third kappa shape index (κ3) is 1.67. The van der Waals surface area contributed by atoms with Gasteiger partial charge in [-0.25, -0.2) is 0 Å². The molecule has 0 spiro atoms. The fraction of sp³-hybridized carbons (Fsp3) is 1.00. The molecule has 60 valence electrons. The number of methoxy groups -OCH3 is 1. The highest BCUT2D eigenvalue weighted by Crippen LogP contribution is 2.14. The van der Waals surface area contributed by atoms with Gasteiger partial charge in [-0.3, -0.25) is 0 Å². The molecule has 1 aliphatic heterocycles. The van der Waals surface area contributed by atoms with Gasteiger partial charge in [0.25, 0.3) is 0 Å². The van der Waals surface area contributed by atoms with E-state index >= 15 is 0 Å². The van der Waals surface area contributed by atoms with E-state index in [-0.39, 0.29) is 12.7 Å². The lowest BCUT2D eigenvalue weighted by atomic mass is 10.1. The van der Waals surface area contributed by atoms with Crippen molar-refractivity contribution in [2.75, 3.05) is 13.7 Å². The highest BCUT2D eigenvalue weighted by atomic mass is 16.6. The molecule has 1 saturated heterocycles. The molecule has 0 aromatic heterocycles. The first-order valence-electron chi connectivity index (χ1n) is 3.24. The lowest BCUT2D eigenvalue weighted by Crippen LogP contribution is -2.42. The van der Waals surface area contributed by atoms with Crippen molar-refractivity contribution in [1.82, 2.24) is 0 Å². The van der Waals surface area contributed by atoms with Crippen LogP contribution in [-0.4, -0.2) is 42.4 Å². The van der Waals surface area contributed by atoms with Gasteiger partial charge in [-0.15, -0.1) is 0 Å². The molecule has 4 heteroatoms. The normalized spacial score (nSPS) is 41.7. The summed E-state index contributed by atoms with van der Waals surface area (Å²) < 4.78 is 9.63. The Labute approximate surface area is 59.4 Å². The van der Waals surface area contributed by atoms with E-state index in [9.17, 15) is 0 Å². The molecule has 1 heterocycles. The minimum Gasteiger partial charge on any atom is -0.388 e. The summed E-state index contributed by atoms with van der Waals surface area (Å²) in [6, 6.07) is 0. The molecule has 0 aliphatic carbocycles. The van der Waals surface area contributed by atoms with E-state index in [1.807, 2.05) is 0 Å². The maximum atomic E-state index is 9.13. The maximum absolute atomic E-state index is 9.13. The molecule has 2 N–H and O–H groups in total. The molecule has 3 unspecified atom stereocenters. The van der Waals surface area contributed by atoms with Crippen molar-refractivity contribution < 1.29 is 19.7 Å². The zero-order chi connectivity index (χ0) is 7.56. The largest absolute Gasteiger partial charge is 0.388 e. The molecular weight excluding hydrogens is 136 g/mol. The van der Waals surface area contributed by atoms with Gasteiger partial charge < -0.3 is 19.7 Å². The zero-order valence-electron chi connectivity index (χ0n) is 5.86. The lowest BCUT2D eigenvalue weighted by Gasteiger charge is -2.29. The van der Waals surface area contributed by atoms with E-state index in [1.165, 1.54) is 7.11 Å². The molecular formula is C6H12O4. The second-order valence-electron chi connectivity index (χ2n) is 2.37. The molecule has 0 saturated carbocycles. The van der Waals surface area contributed by atoms with Crippen molar-refractivity contribution in [3.63, 3.8) is 0 Å². The molecule has 3 atom stereocenters. The Morgan fingerprint density at radius 3 is 2.70 bits per heavy atom. The van der Waals surface area contributed by atoms with E-state index < -0.39 is 12.4 Å². The molecule has 10 heavy (non-hydrogen) atoms. The van der Waals surface area contributed by atoms with Gasteiger partial charge in [0.1, 0.15) is 6.10 Å². The number of ether oxygens (including phenoxy) is 2. The van der Waals surface area contributed by atoms with E-state index in [0.29, 0.717) is 6.42 Å². The molecule has 0 radical (unpaired) electrons. The molecule has 1 fully saturated rings. The Hall–Kier alpha value is -0.160. The van der Waals surface area contributed by atoms with Gasteiger partial charge in [0.05, 0.1) is 12.7 Å². The molecule has 1 rings (SSSR count). The van der Waals surface area contributed by atoms with Crippen LogP contribution in [0.25, 0.3) is 0 Å². The first-order chi connectivity index (χ1) is 4.74. The number of aliphatic hydroxyl groups is 2. The van der Waals surface area contributed by atoms with Gasteiger partial charge >= 0.3 is 0 Å². The van der Waals surface area contributed by atoms with Gasteiger partial charge in [-0.1, -0.05) is 0 Å². The molecule has 4 nitrogen and oxygen atoms in total. The van der Waals surface area contributed by atoms with Crippen LogP contribution in [0, 0.1) is 0 Å². The summed E-state index contributed by atoms with van der Waals surface area (Å²) in [5.41, 5.74) is 0. The number of rotatable bonds is 1. The van der Waals surface area contributed by atoms with Gasteiger partial charge in [0.2, 0.25) is 0 Å². The number of aliphatic hydroxyl groups excluding tert-OH is 2. The van der Waals surface area contributed by atoms with Crippen molar-refractivity contribution in [2.45, 2.75) is 24.9 Å². The van der Waals surface area contributed by atoms with Gasteiger partial charge in [-0.05, 0) is 0 Å². The van der Waals surface area contributed by atoms with Crippen molar-refractivity contribution >= 4 is 0 Å². The fourth-order valence-electron chi connectivity index (χ4n) is 0.994. The third-order valence-corrected chi connectivity index (χ3v) is 1.63. The van der Waals surface area contributed by atoms with Crippen molar-refractivity contribution in [2.24, 2.45) is 0 Å². The summed E-state index contributed by atoms with van der Waals surface area (Å²) in [5, 5.41) is 18.0. The minimum absolute atomic E-state index is 0.152. The Morgan fingerprint density at radius 1 is 1.50 bits per heavy atom. The summed E-state index contributed by atoms with van der Waals surface area (Å²) in [6.45, 7) is 0.152. The van der Waals surface area contributed by atoms with Crippen molar-refractivity contribution in [3.05, 3.63) is 0 Å². The summed E-state index contributed by atoms with van der Waals surface area (Å²) in [5.74, 6) is 0. The van der Waals surface area contributed by atoms with Crippen LogP contribution >= 0.6 is 0 Å². The Kier molecular flexibility index (Phi) is 2.62. The Balaban J connectivity index is 2.38. The second kappa shape index (κ2) is 3.30. The monoisotopic (exact) mass is 148 g/mol. The smallest absolute Gasteiger partial charge is 0.157 e. The van der Waals surface area contributed by atoms with E-state index in [0.717, 1.165) is 0 Å². The molecule has 0 aromatic rings.